The normalized spacial score (nSPS) is 24.9. The maximum atomic E-state index is 12.6. The summed E-state index contributed by atoms with van der Waals surface area (Å²) in [5.41, 5.74) is 4.41. The van der Waals surface area contributed by atoms with Gasteiger partial charge in [0.25, 0.3) is 0 Å². The smallest absolute Gasteiger partial charge is 0.313 e. The number of carbonyl (C=O) groups is 3. The van der Waals surface area contributed by atoms with Crippen LogP contribution in [-0.4, -0.2) is 35.8 Å². The molecule has 7 heteroatoms. The lowest BCUT2D eigenvalue weighted by Crippen LogP contribution is -2.50. The van der Waals surface area contributed by atoms with Gasteiger partial charge in [0.05, 0.1) is 11.3 Å². The molecule has 0 spiro atoms. The van der Waals surface area contributed by atoms with Gasteiger partial charge in [-0.05, 0) is 25.7 Å². The van der Waals surface area contributed by atoms with E-state index in [9.17, 15) is 19.5 Å². The van der Waals surface area contributed by atoms with Crippen molar-refractivity contribution in [2.45, 2.75) is 71.5 Å². The van der Waals surface area contributed by atoms with Gasteiger partial charge in [0.1, 0.15) is 0 Å². The van der Waals surface area contributed by atoms with Crippen LogP contribution >= 0.6 is 0 Å². The summed E-state index contributed by atoms with van der Waals surface area (Å²) in [6.45, 7) is 3.62. The lowest BCUT2D eigenvalue weighted by molar-refractivity contribution is -0.198. The summed E-state index contributed by atoms with van der Waals surface area (Å²) < 4.78 is 10.5. The van der Waals surface area contributed by atoms with Gasteiger partial charge in [-0.3, -0.25) is 14.4 Å². The molecule has 0 aliphatic heterocycles. The first-order valence-corrected chi connectivity index (χ1v) is 8.74. The van der Waals surface area contributed by atoms with E-state index in [1.807, 2.05) is 13.8 Å². The Hall–Kier alpha value is -1.63. The number of ether oxygens (including phenoxy) is 2. The summed E-state index contributed by atoms with van der Waals surface area (Å²) in [6.07, 6.45) is 3.23. The molecule has 0 aromatic heterocycles. The third-order valence-corrected chi connectivity index (χ3v) is 4.60. The average Bonchev–Trinajstić information content (AvgIpc) is 2.54. The van der Waals surface area contributed by atoms with Crippen molar-refractivity contribution >= 4 is 17.9 Å². The van der Waals surface area contributed by atoms with E-state index in [1.165, 1.54) is 0 Å². The molecule has 0 aromatic carbocycles. The molecule has 3 unspecified atom stereocenters. The fourth-order valence-electron chi connectivity index (χ4n) is 3.17. The molecule has 1 saturated carbocycles. The number of carboxylic acids is 1. The highest BCUT2D eigenvalue weighted by molar-refractivity contribution is 5.85. The van der Waals surface area contributed by atoms with Crippen molar-refractivity contribution < 1.29 is 29.0 Å². The summed E-state index contributed by atoms with van der Waals surface area (Å²) in [5.74, 6) is -2.93. The van der Waals surface area contributed by atoms with Crippen LogP contribution in [0.5, 0.6) is 0 Å². The van der Waals surface area contributed by atoms with E-state index < -0.39 is 35.5 Å². The van der Waals surface area contributed by atoms with Gasteiger partial charge < -0.3 is 20.3 Å². The first kappa shape index (κ1) is 20.4. The fraction of sp³-hybridized carbons (Fsp3) is 0.824. The topological polar surface area (TPSA) is 116 Å². The lowest BCUT2D eigenvalue weighted by atomic mass is 9.66. The molecule has 7 nitrogen and oxygen atoms in total. The molecule has 3 atom stereocenters. The van der Waals surface area contributed by atoms with Crippen LogP contribution in [0.15, 0.2) is 0 Å². The Morgan fingerprint density at radius 1 is 1.21 bits per heavy atom. The average molecular weight is 343 g/mol. The predicted molar refractivity (Wildman–Crippen MR) is 86.9 cm³/mol. The molecule has 0 heterocycles. The Balaban J connectivity index is 2.83. The third kappa shape index (κ3) is 4.93. The zero-order valence-electron chi connectivity index (χ0n) is 14.6. The number of hydrogen-bond acceptors (Lipinski definition) is 6. The SMILES string of the molecule is CCCC(=O)OC(CCC)OC(=O)C1CCCCC1(CN)C(=O)O. The number of hydrogen-bond donors (Lipinski definition) is 2. The lowest BCUT2D eigenvalue weighted by Gasteiger charge is -2.38. The van der Waals surface area contributed by atoms with Crippen molar-refractivity contribution in [2.75, 3.05) is 6.54 Å². The van der Waals surface area contributed by atoms with Gasteiger partial charge in [-0.2, -0.15) is 0 Å². The van der Waals surface area contributed by atoms with Crippen LogP contribution in [0, 0.1) is 11.3 Å². The summed E-state index contributed by atoms with van der Waals surface area (Å²) in [5, 5.41) is 9.59. The largest absolute Gasteiger partial charge is 0.481 e. The standard InChI is InChI=1S/C17H29NO6/c1-3-7-13(19)23-14(8-4-2)24-15(20)12-9-5-6-10-17(12,11-18)16(21)22/h12,14H,3-11,18H2,1-2H3,(H,21,22). The maximum absolute atomic E-state index is 12.6. The van der Waals surface area contributed by atoms with E-state index in [4.69, 9.17) is 15.2 Å². The van der Waals surface area contributed by atoms with Crippen molar-refractivity contribution in [1.82, 2.24) is 0 Å². The Labute approximate surface area is 142 Å². The van der Waals surface area contributed by atoms with E-state index in [0.29, 0.717) is 32.1 Å². The van der Waals surface area contributed by atoms with Crippen molar-refractivity contribution in [1.29, 1.82) is 0 Å². The second-order valence-electron chi connectivity index (χ2n) is 6.36. The zero-order chi connectivity index (χ0) is 18.2. The van der Waals surface area contributed by atoms with Gasteiger partial charge in [-0.15, -0.1) is 0 Å². The highest BCUT2D eigenvalue weighted by Crippen LogP contribution is 2.42. The van der Waals surface area contributed by atoms with E-state index in [0.717, 1.165) is 12.8 Å². The molecule has 3 N–H and O–H groups in total. The first-order chi connectivity index (χ1) is 11.4. The van der Waals surface area contributed by atoms with Gasteiger partial charge >= 0.3 is 17.9 Å². The monoisotopic (exact) mass is 343 g/mol. The number of esters is 2. The third-order valence-electron chi connectivity index (χ3n) is 4.60. The molecule has 24 heavy (non-hydrogen) atoms. The number of carboxylic acid groups (broad SMARTS) is 1. The van der Waals surface area contributed by atoms with E-state index in [-0.39, 0.29) is 13.0 Å². The van der Waals surface area contributed by atoms with E-state index in [2.05, 4.69) is 0 Å². The van der Waals surface area contributed by atoms with Crippen LogP contribution in [0.3, 0.4) is 0 Å². The fourth-order valence-corrected chi connectivity index (χ4v) is 3.17. The molecular weight excluding hydrogens is 314 g/mol. The van der Waals surface area contributed by atoms with Crippen LogP contribution in [0.4, 0.5) is 0 Å². The van der Waals surface area contributed by atoms with Crippen molar-refractivity contribution in [3.05, 3.63) is 0 Å². The van der Waals surface area contributed by atoms with Gasteiger partial charge in [0.15, 0.2) is 0 Å². The van der Waals surface area contributed by atoms with Crippen LogP contribution in [0.2, 0.25) is 0 Å². The molecular formula is C17H29NO6. The molecule has 138 valence electrons. The molecule has 0 aromatic rings. The van der Waals surface area contributed by atoms with Crippen LogP contribution in [0.1, 0.15) is 65.2 Å². The number of rotatable bonds is 9. The molecule has 0 saturated heterocycles. The molecule has 1 rings (SSSR count). The van der Waals surface area contributed by atoms with E-state index in [1.54, 1.807) is 0 Å². The molecule has 1 aliphatic rings. The zero-order valence-corrected chi connectivity index (χ0v) is 14.6. The van der Waals surface area contributed by atoms with Crippen molar-refractivity contribution in [3.63, 3.8) is 0 Å². The van der Waals surface area contributed by atoms with Crippen molar-refractivity contribution in [2.24, 2.45) is 17.1 Å². The van der Waals surface area contributed by atoms with Crippen LogP contribution in [-0.2, 0) is 23.9 Å². The van der Waals surface area contributed by atoms with Crippen molar-refractivity contribution in [3.8, 4) is 0 Å². The number of carbonyl (C=O) groups excluding carboxylic acids is 2. The second kappa shape index (κ2) is 9.61. The molecule has 0 radical (unpaired) electrons. The Bertz CT molecular complexity index is 452. The maximum Gasteiger partial charge on any atom is 0.313 e. The van der Waals surface area contributed by atoms with E-state index >= 15 is 0 Å². The highest BCUT2D eigenvalue weighted by Gasteiger charge is 2.50. The van der Waals surface area contributed by atoms with Crippen LogP contribution in [0.25, 0.3) is 0 Å². The summed E-state index contributed by atoms with van der Waals surface area (Å²) in [4.78, 5) is 35.9. The number of aliphatic carboxylic acids is 1. The first-order valence-electron chi connectivity index (χ1n) is 8.74. The molecule has 1 fully saturated rings. The van der Waals surface area contributed by atoms with Crippen LogP contribution < -0.4 is 5.73 Å². The van der Waals surface area contributed by atoms with Gasteiger partial charge in [0, 0.05) is 19.4 Å². The van der Waals surface area contributed by atoms with Gasteiger partial charge in [-0.1, -0.05) is 26.7 Å². The molecule has 0 bridgehead atoms. The second-order valence-corrected chi connectivity index (χ2v) is 6.36. The minimum atomic E-state index is -1.29. The number of nitrogens with two attached hydrogens (primary N) is 1. The molecule has 1 aliphatic carbocycles. The summed E-state index contributed by atoms with van der Waals surface area (Å²) in [7, 11) is 0. The summed E-state index contributed by atoms with van der Waals surface area (Å²) in [6, 6.07) is 0. The Kier molecular flexibility index (Phi) is 8.18. The molecule has 0 amide bonds. The minimum Gasteiger partial charge on any atom is -0.481 e. The highest BCUT2D eigenvalue weighted by atomic mass is 16.7. The summed E-state index contributed by atoms with van der Waals surface area (Å²) >= 11 is 0. The quantitative estimate of drug-likeness (QED) is 0.487. The Morgan fingerprint density at radius 2 is 1.92 bits per heavy atom. The van der Waals surface area contributed by atoms with Gasteiger partial charge in [-0.25, -0.2) is 0 Å². The Morgan fingerprint density at radius 3 is 2.46 bits per heavy atom. The van der Waals surface area contributed by atoms with Gasteiger partial charge in [0.2, 0.25) is 6.29 Å². The predicted octanol–water partition coefficient (Wildman–Crippen LogP) is 2.22. The minimum absolute atomic E-state index is 0.115.